The van der Waals surface area contributed by atoms with Gasteiger partial charge in [-0.3, -0.25) is 9.89 Å². The number of aromatic nitrogens is 2. The number of nitrogens with one attached hydrogen (secondary N) is 2. The lowest BCUT2D eigenvalue weighted by molar-refractivity contribution is -0.123. The van der Waals surface area contributed by atoms with E-state index in [9.17, 15) is 4.79 Å². The Balaban J connectivity index is 1.75. The summed E-state index contributed by atoms with van der Waals surface area (Å²) in [7, 11) is 1.67. The van der Waals surface area contributed by atoms with E-state index < -0.39 is 0 Å². The van der Waals surface area contributed by atoms with Crippen molar-refractivity contribution in [2.24, 2.45) is 0 Å². The van der Waals surface area contributed by atoms with Crippen LogP contribution in [0.1, 0.15) is 48.0 Å². The first-order chi connectivity index (χ1) is 11.7. The minimum Gasteiger partial charge on any atom is -0.385 e. The summed E-state index contributed by atoms with van der Waals surface area (Å²) in [5.41, 5.74) is 3.15. The van der Waals surface area contributed by atoms with Gasteiger partial charge in [0.2, 0.25) is 5.91 Å². The van der Waals surface area contributed by atoms with Gasteiger partial charge >= 0.3 is 0 Å². The molecule has 6 heteroatoms. The molecule has 3 rings (SSSR count). The van der Waals surface area contributed by atoms with E-state index in [0.29, 0.717) is 11.6 Å². The van der Waals surface area contributed by atoms with Gasteiger partial charge in [-0.05, 0) is 43.4 Å². The number of benzene rings is 1. The van der Waals surface area contributed by atoms with E-state index in [4.69, 9.17) is 16.3 Å². The summed E-state index contributed by atoms with van der Waals surface area (Å²) in [5.74, 6) is -0.0850. The SMILES string of the molecule is COCC[C@H](NC(=O)[C@@H]1CCCc2[nH]ncc21)c1ccc(Cl)cc1. The Morgan fingerprint density at radius 2 is 2.25 bits per heavy atom. The predicted molar refractivity (Wildman–Crippen MR) is 93.1 cm³/mol. The number of carbonyl (C=O) groups excluding carboxylic acids is 1. The Hall–Kier alpha value is -1.85. The van der Waals surface area contributed by atoms with Crippen molar-refractivity contribution in [1.29, 1.82) is 0 Å². The van der Waals surface area contributed by atoms with E-state index in [2.05, 4.69) is 15.5 Å². The lowest BCUT2D eigenvalue weighted by Crippen LogP contribution is -2.34. The van der Waals surface area contributed by atoms with Crippen molar-refractivity contribution in [2.45, 2.75) is 37.6 Å². The van der Waals surface area contributed by atoms with Gasteiger partial charge in [0.15, 0.2) is 0 Å². The summed E-state index contributed by atoms with van der Waals surface area (Å²) < 4.78 is 5.20. The van der Waals surface area contributed by atoms with Crippen LogP contribution in [0.15, 0.2) is 30.5 Å². The molecule has 1 aliphatic rings. The van der Waals surface area contributed by atoms with Crippen molar-refractivity contribution in [3.63, 3.8) is 0 Å². The monoisotopic (exact) mass is 347 g/mol. The average molecular weight is 348 g/mol. The topological polar surface area (TPSA) is 67.0 Å². The average Bonchev–Trinajstić information content (AvgIpc) is 3.08. The van der Waals surface area contributed by atoms with Crippen LogP contribution in [-0.4, -0.2) is 29.8 Å². The van der Waals surface area contributed by atoms with Crippen LogP contribution >= 0.6 is 11.6 Å². The van der Waals surface area contributed by atoms with E-state index in [0.717, 1.165) is 42.5 Å². The third-order valence-electron chi connectivity index (χ3n) is 4.56. The van der Waals surface area contributed by atoms with Crippen LogP contribution < -0.4 is 5.32 Å². The van der Waals surface area contributed by atoms with Crippen molar-refractivity contribution < 1.29 is 9.53 Å². The molecule has 1 aromatic heterocycles. The van der Waals surface area contributed by atoms with E-state index >= 15 is 0 Å². The number of nitrogens with zero attached hydrogens (tertiary/aromatic N) is 1. The first-order valence-corrected chi connectivity index (χ1v) is 8.63. The van der Waals surface area contributed by atoms with E-state index in [-0.39, 0.29) is 17.9 Å². The van der Waals surface area contributed by atoms with Gasteiger partial charge in [-0.2, -0.15) is 5.10 Å². The van der Waals surface area contributed by atoms with E-state index in [1.54, 1.807) is 13.3 Å². The molecule has 1 heterocycles. The van der Waals surface area contributed by atoms with Gasteiger partial charge in [0.1, 0.15) is 0 Å². The molecule has 5 nitrogen and oxygen atoms in total. The fraction of sp³-hybridized carbons (Fsp3) is 0.444. The molecule has 0 radical (unpaired) electrons. The Bertz CT molecular complexity index is 684. The highest BCUT2D eigenvalue weighted by Gasteiger charge is 2.29. The molecule has 0 aliphatic heterocycles. The number of rotatable bonds is 6. The van der Waals surface area contributed by atoms with Gasteiger partial charge in [0.05, 0.1) is 18.2 Å². The van der Waals surface area contributed by atoms with Crippen LogP contribution in [0, 0.1) is 0 Å². The maximum atomic E-state index is 12.9. The zero-order chi connectivity index (χ0) is 16.9. The number of H-pyrrole nitrogens is 1. The summed E-state index contributed by atoms with van der Waals surface area (Å²) in [6.45, 7) is 0.579. The summed E-state index contributed by atoms with van der Waals surface area (Å²) in [5, 5.41) is 11.0. The molecule has 0 fully saturated rings. The van der Waals surface area contributed by atoms with E-state index in [1.165, 1.54) is 0 Å². The van der Waals surface area contributed by atoms with Gasteiger partial charge in [0, 0.05) is 30.0 Å². The second kappa shape index (κ2) is 7.81. The number of fused-ring (bicyclic) bond motifs is 1. The number of aryl methyl sites for hydroxylation is 1. The van der Waals surface area contributed by atoms with Crippen molar-refractivity contribution in [1.82, 2.24) is 15.5 Å². The molecule has 2 N–H and O–H groups in total. The molecule has 128 valence electrons. The summed E-state index contributed by atoms with van der Waals surface area (Å²) in [6, 6.07) is 7.50. The lowest BCUT2D eigenvalue weighted by atomic mass is 9.86. The molecule has 0 bridgehead atoms. The number of carbonyl (C=O) groups is 1. The molecule has 0 spiro atoms. The lowest BCUT2D eigenvalue weighted by Gasteiger charge is -2.25. The first-order valence-electron chi connectivity index (χ1n) is 8.26. The Morgan fingerprint density at radius 3 is 3.00 bits per heavy atom. The maximum absolute atomic E-state index is 12.9. The summed E-state index contributed by atoms with van der Waals surface area (Å²) in [4.78, 5) is 12.9. The molecule has 0 saturated heterocycles. The summed E-state index contributed by atoms with van der Waals surface area (Å²) in [6.07, 6.45) is 5.32. The fourth-order valence-corrected chi connectivity index (χ4v) is 3.38. The van der Waals surface area contributed by atoms with Gasteiger partial charge in [0.25, 0.3) is 0 Å². The highest BCUT2D eigenvalue weighted by molar-refractivity contribution is 6.30. The van der Waals surface area contributed by atoms with Crippen LogP contribution in [0.5, 0.6) is 0 Å². The maximum Gasteiger partial charge on any atom is 0.228 e. The standard InChI is InChI=1S/C18H22ClN3O2/c1-24-10-9-16(12-5-7-13(19)8-6-12)21-18(23)14-3-2-4-17-15(14)11-20-22-17/h5-8,11,14,16H,2-4,9-10H2,1H3,(H,20,22)(H,21,23)/t14-,16+/m1/s1. The molecule has 2 atom stereocenters. The highest BCUT2D eigenvalue weighted by Crippen LogP contribution is 2.31. The quantitative estimate of drug-likeness (QED) is 0.841. The van der Waals surface area contributed by atoms with Crippen LogP contribution in [0.4, 0.5) is 0 Å². The van der Waals surface area contributed by atoms with E-state index in [1.807, 2.05) is 24.3 Å². The molecule has 0 unspecified atom stereocenters. The zero-order valence-electron chi connectivity index (χ0n) is 13.7. The first kappa shape index (κ1) is 17.0. The molecule has 2 aromatic rings. The Kier molecular flexibility index (Phi) is 5.53. The number of ether oxygens (including phenoxy) is 1. The third kappa shape index (κ3) is 3.79. The van der Waals surface area contributed by atoms with Gasteiger partial charge in [-0.1, -0.05) is 23.7 Å². The number of halogens is 1. The highest BCUT2D eigenvalue weighted by atomic mass is 35.5. The largest absolute Gasteiger partial charge is 0.385 e. The summed E-state index contributed by atoms with van der Waals surface area (Å²) >= 11 is 5.97. The van der Waals surface area contributed by atoms with Crippen LogP contribution in [0.25, 0.3) is 0 Å². The van der Waals surface area contributed by atoms with Crippen molar-refractivity contribution in [3.8, 4) is 0 Å². The van der Waals surface area contributed by atoms with Gasteiger partial charge < -0.3 is 10.1 Å². The smallest absolute Gasteiger partial charge is 0.228 e. The van der Waals surface area contributed by atoms with Crippen molar-refractivity contribution in [3.05, 3.63) is 52.3 Å². The number of methoxy groups -OCH3 is 1. The molecule has 24 heavy (non-hydrogen) atoms. The zero-order valence-corrected chi connectivity index (χ0v) is 14.5. The van der Waals surface area contributed by atoms with Gasteiger partial charge in [-0.15, -0.1) is 0 Å². The number of amides is 1. The third-order valence-corrected chi connectivity index (χ3v) is 4.81. The predicted octanol–water partition coefficient (Wildman–Crippen LogP) is 3.38. The van der Waals surface area contributed by atoms with Crippen LogP contribution in [-0.2, 0) is 16.0 Å². The Labute approximate surface area is 146 Å². The minimum absolute atomic E-state index is 0.0494. The fourth-order valence-electron chi connectivity index (χ4n) is 3.26. The van der Waals surface area contributed by atoms with Crippen molar-refractivity contribution >= 4 is 17.5 Å². The second-order valence-electron chi connectivity index (χ2n) is 6.14. The molecule has 0 saturated carbocycles. The van der Waals surface area contributed by atoms with Crippen molar-refractivity contribution in [2.75, 3.05) is 13.7 Å². The molecule has 1 aliphatic carbocycles. The normalized spacial score (nSPS) is 18.0. The van der Waals surface area contributed by atoms with Crippen LogP contribution in [0.2, 0.25) is 5.02 Å². The number of hydrogen-bond donors (Lipinski definition) is 2. The van der Waals surface area contributed by atoms with Crippen LogP contribution in [0.3, 0.4) is 0 Å². The van der Waals surface area contributed by atoms with Gasteiger partial charge in [-0.25, -0.2) is 0 Å². The molecular weight excluding hydrogens is 326 g/mol. The Morgan fingerprint density at radius 1 is 1.46 bits per heavy atom. The number of hydrogen-bond acceptors (Lipinski definition) is 3. The molecular formula is C18H22ClN3O2. The second-order valence-corrected chi connectivity index (χ2v) is 6.58. The number of aromatic amines is 1. The molecule has 1 aromatic carbocycles. The molecule has 1 amide bonds. The minimum atomic E-state index is -0.134.